The normalized spacial score (nSPS) is 12.0. The molecule has 0 heterocycles. The van der Waals surface area contributed by atoms with Gasteiger partial charge in [-0.15, -0.1) is 0 Å². The van der Waals surface area contributed by atoms with Crippen molar-refractivity contribution in [3.63, 3.8) is 0 Å². The third-order valence-electron chi connectivity index (χ3n) is 6.31. The molecule has 0 aromatic heterocycles. The van der Waals surface area contributed by atoms with Crippen molar-refractivity contribution >= 4 is 24.2 Å². The van der Waals surface area contributed by atoms with Gasteiger partial charge in [0.05, 0.1) is 31.4 Å². The van der Waals surface area contributed by atoms with Crippen LogP contribution >= 0.6 is 15.9 Å². The molecular formula is C27H41BrO7Si. The van der Waals surface area contributed by atoms with E-state index in [0.717, 1.165) is 26.9 Å². The van der Waals surface area contributed by atoms with Crippen molar-refractivity contribution in [1.29, 1.82) is 0 Å². The second-order valence-electron chi connectivity index (χ2n) is 9.85. The lowest BCUT2D eigenvalue weighted by atomic mass is 9.96. The summed E-state index contributed by atoms with van der Waals surface area (Å²) in [7, 11) is 3.03. The SMILES string of the molecule is COCOc1cc(OCOC)c(-c2cccc(OC)c2)c(CCOCCO[Si](C)(C)C(C)(C)C)c1Br. The van der Waals surface area contributed by atoms with Gasteiger partial charge in [-0.05, 0) is 63.7 Å². The predicted molar refractivity (Wildman–Crippen MR) is 149 cm³/mol. The quantitative estimate of drug-likeness (QED) is 0.131. The van der Waals surface area contributed by atoms with E-state index in [2.05, 4.69) is 49.8 Å². The maximum Gasteiger partial charge on any atom is 0.192 e. The second kappa shape index (κ2) is 14.4. The average molecular weight is 586 g/mol. The van der Waals surface area contributed by atoms with E-state index in [1.807, 2.05) is 30.3 Å². The Balaban J connectivity index is 2.31. The third-order valence-corrected chi connectivity index (χ3v) is 11.7. The first kappa shape index (κ1) is 30.6. The smallest absolute Gasteiger partial charge is 0.192 e. The first-order chi connectivity index (χ1) is 17.1. The summed E-state index contributed by atoms with van der Waals surface area (Å²) in [5, 5.41) is 0.171. The molecule has 0 amide bonds. The molecule has 36 heavy (non-hydrogen) atoms. The maximum atomic E-state index is 6.24. The van der Waals surface area contributed by atoms with Crippen LogP contribution in [0.5, 0.6) is 17.2 Å². The Bertz CT molecular complexity index is 960. The van der Waals surface area contributed by atoms with Gasteiger partial charge in [0, 0.05) is 25.8 Å². The molecule has 9 heteroatoms. The topological polar surface area (TPSA) is 64.6 Å². The Hall–Kier alpha value is -1.62. The number of methoxy groups -OCH3 is 3. The van der Waals surface area contributed by atoms with E-state index in [-0.39, 0.29) is 18.6 Å². The van der Waals surface area contributed by atoms with Crippen molar-refractivity contribution < 1.29 is 32.8 Å². The minimum Gasteiger partial charge on any atom is -0.497 e. The van der Waals surface area contributed by atoms with Crippen LogP contribution in [-0.2, 0) is 25.1 Å². The van der Waals surface area contributed by atoms with Crippen molar-refractivity contribution in [2.24, 2.45) is 0 Å². The molecule has 2 rings (SSSR count). The molecule has 0 bridgehead atoms. The van der Waals surface area contributed by atoms with Crippen LogP contribution in [0.2, 0.25) is 18.1 Å². The Morgan fingerprint density at radius 2 is 1.53 bits per heavy atom. The summed E-state index contributed by atoms with van der Waals surface area (Å²) >= 11 is 3.76. The Labute approximate surface area is 225 Å². The standard InChI is InChI=1S/C27H41BrO7Si/c1-27(2,3)36(7,8)35-15-14-32-13-12-22-25(20-10-9-11-21(16-20)31-6)23(33-18-29-4)17-24(26(22)28)34-19-30-5/h9-11,16-17H,12-15,18-19H2,1-8H3. The number of hydrogen-bond acceptors (Lipinski definition) is 7. The summed E-state index contributed by atoms with van der Waals surface area (Å²) in [5.74, 6) is 2.01. The highest BCUT2D eigenvalue weighted by Crippen LogP contribution is 2.44. The summed E-state index contributed by atoms with van der Waals surface area (Å²) < 4.78 is 40.7. The molecule has 7 nitrogen and oxygen atoms in total. The number of rotatable bonds is 15. The van der Waals surface area contributed by atoms with Gasteiger partial charge < -0.3 is 32.8 Å². The van der Waals surface area contributed by atoms with Crippen molar-refractivity contribution in [2.75, 3.05) is 54.7 Å². The zero-order valence-corrected chi connectivity index (χ0v) is 25.5. The summed E-state index contributed by atoms with van der Waals surface area (Å²) in [6.07, 6.45) is 0.626. The van der Waals surface area contributed by atoms with E-state index in [9.17, 15) is 0 Å². The lowest BCUT2D eigenvalue weighted by molar-refractivity contribution is 0.0457. The zero-order chi connectivity index (χ0) is 26.8. The molecule has 0 saturated heterocycles. The molecule has 202 valence electrons. The third kappa shape index (κ3) is 8.46. The molecule has 0 N–H and O–H groups in total. The molecule has 0 spiro atoms. The number of hydrogen-bond donors (Lipinski definition) is 0. The summed E-state index contributed by atoms with van der Waals surface area (Å²) in [4.78, 5) is 0. The van der Waals surface area contributed by atoms with E-state index >= 15 is 0 Å². The van der Waals surface area contributed by atoms with Crippen molar-refractivity contribution in [3.05, 3.63) is 40.4 Å². The first-order valence-corrected chi connectivity index (χ1v) is 15.7. The van der Waals surface area contributed by atoms with Gasteiger partial charge in [0.15, 0.2) is 21.9 Å². The van der Waals surface area contributed by atoms with Crippen molar-refractivity contribution in [3.8, 4) is 28.4 Å². The molecule has 0 aliphatic heterocycles. The van der Waals surface area contributed by atoms with E-state index in [1.165, 1.54) is 0 Å². The lowest BCUT2D eigenvalue weighted by Crippen LogP contribution is -2.41. The van der Waals surface area contributed by atoms with E-state index in [1.54, 1.807) is 21.3 Å². The molecule has 0 unspecified atom stereocenters. The fraction of sp³-hybridized carbons (Fsp3) is 0.556. The lowest BCUT2D eigenvalue weighted by Gasteiger charge is -2.36. The highest BCUT2D eigenvalue weighted by molar-refractivity contribution is 9.10. The molecule has 2 aromatic carbocycles. The Kier molecular flexibility index (Phi) is 12.2. The first-order valence-electron chi connectivity index (χ1n) is 12.0. The minimum atomic E-state index is -1.80. The fourth-order valence-corrected chi connectivity index (χ4v) is 4.96. The number of ether oxygens (including phenoxy) is 6. The van der Waals surface area contributed by atoms with Crippen LogP contribution in [-0.4, -0.2) is 63.1 Å². The molecule has 2 aromatic rings. The van der Waals surface area contributed by atoms with E-state index in [4.69, 9.17) is 32.8 Å². The van der Waals surface area contributed by atoms with Gasteiger partial charge in [-0.25, -0.2) is 0 Å². The molecule has 0 saturated carbocycles. The Morgan fingerprint density at radius 1 is 0.861 bits per heavy atom. The molecular weight excluding hydrogens is 544 g/mol. The molecule has 0 atom stereocenters. The van der Waals surface area contributed by atoms with Crippen molar-refractivity contribution in [2.45, 2.75) is 45.3 Å². The summed E-state index contributed by atoms with van der Waals surface area (Å²) in [5.41, 5.74) is 2.87. The molecule has 0 fully saturated rings. The van der Waals surface area contributed by atoms with Crippen LogP contribution in [0, 0.1) is 0 Å². The molecule has 0 radical (unpaired) electrons. The summed E-state index contributed by atoms with van der Waals surface area (Å²) in [6, 6.07) is 9.71. The van der Waals surface area contributed by atoms with Crippen LogP contribution in [0.1, 0.15) is 26.3 Å². The minimum absolute atomic E-state index is 0.100. The highest BCUT2D eigenvalue weighted by Gasteiger charge is 2.36. The van der Waals surface area contributed by atoms with Gasteiger partial charge >= 0.3 is 0 Å². The molecule has 0 aliphatic rings. The highest BCUT2D eigenvalue weighted by atomic mass is 79.9. The predicted octanol–water partition coefficient (Wildman–Crippen LogP) is 6.67. The Morgan fingerprint density at radius 3 is 2.14 bits per heavy atom. The van der Waals surface area contributed by atoms with E-state index in [0.29, 0.717) is 37.7 Å². The summed E-state index contributed by atoms with van der Waals surface area (Å²) in [6.45, 7) is 13.0. The largest absolute Gasteiger partial charge is 0.497 e. The van der Waals surface area contributed by atoms with Crippen LogP contribution in [0.15, 0.2) is 34.8 Å². The van der Waals surface area contributed by atoms with E-state index < -0.39 is 8.32 Å². The van der Waals surface area contributed by atoms with Gasteiger partial charge in [-0.1, -0.05) is 32.9 Å². The van der Waals surface area contributed by atoms with Crippen LogP contribution < -0.4 is 14.2 Å². The zero-order valence-electron chi connectivity index (χ0n) is 22.9. The van der Waals surface area contributed by atoms with Gasteiger partial charge in [0.2, 0.25) is 0 Å². The molecule has 0 aliphatic carbocycles. The van der Waals surface area contributed by atoms with Crippen LogP contribution in [0.4, 0.5) is 0 Å². The maximum absolute atomic E-state index is 6.24. The van der Waals surface area contributed by atoms with Crippen LogP contribution in [0.25, 0.3) is 11.1 Å². The monoisotopic (exact) mass is 584 g/mol. The van der Waals surface area contributed by atoms with Crippen molar-refractivity contribution in [1.82, 2.24) is 0 Å². The fourth-order valence-electron chi connectivity index (χ4n) is 3.30. The average Bonchev–Trinajstić information content (AvgIpc) is 2.84. The number of benzene rings is 2. The van der Waals surface area contributed by atoms with Gasteiger partial charge in [0.25, 0.3) is 0 Å². The second-order valence-corrected chi connectivity index (χ2v) is 15.4. The van der Waals surface area contributed by atoms with Gasteiger partial charge in [0.1, 0.15) is 17.2 Å². The van der Waals surface area contributed by atoms with Gasteiger partial charge in [-0.3, -0.25) is 0 Å². The number of halogens is 1. The van der Waals surface area contributed by atoms with Crippen LogP contribution in [0.3, 0.4) is 0 Å². The van der Waals surface area contributed by atoms with Gasteiger partial charge in [-0.2, -0.15) is 0 Å².